The van der Waals surface area contributed by atoms with E-state index in [4.69, 9.17) is 4.42 Å². The minimum Gasteiger partial charge on any atom is -0.469 e. The molecule has 0 aliphatic rings. The molecule has 2 aromatic heterocycles. The van der Waals surface area contributed by atoms with Gasteiger partial charge in [0.15, 0.2) is 0 Å². The summed E-state index contributed by atoms with van der Waals surface area (Å²) in [7, 11) is 0. The Morgan fingerprint density at radius 3 is 2.94 bits per heavy atom. The standard InChI is InChI=1S/C14H17NO2/c1-3-14-11(6-8-17-14)13(16)9-12-10(2)5-4-7-15-12/h4-8,13,16H,3,9H2,1-2H3. The zero-order valence-electron chi connectivity index (χ0n) is 10.2. The van der Waals surface area contributed by atoms with Crippen LogP contribution < -0.4 is 0 Å². The van der Waals surface area contributed by atoms with Gasteiger partial charge in [0, 0.05) is 30.3 Å². The Balaban J connectivity index is 2.17. The number of aliphatic hydroxyl groups is 1. The largest absolute Gasteiger partial charge is 0.469 e. The maximum Gasteiger partial charge on any atom is 0.109 e. The average molecular weight is 231 g/mol. The summed E-state index contributed by atoms with van der Waals surface area (Å²) in [6.45, 7) is 4.02. The first-order valence-corrected chi connectivity index (χ1v) is 5.87. The SMILES string of the molecule is CCc1occc1C(O)Cc1ncccc1C. The van der Waals surface area contributed by atoms with Gasteiger partial charge in [0.25, 0.3) is 0 Å². The van der Waals surface area contributed by atoms with E-state index in [1.165, 1.54) is 0 Å². The molecule has 17 heavy (non-hydrogen) atoms. The molecule has 1 unspecified atom stereocenters. The molecule has 0 aliphatic heterocycles. The van der Waals surface area contributed by atoms with Crippen LogP contribution in [0.3, 0.4) is 0 Å². The summed E-state index contributed by atoms with van der Waals surface area (Å²) in [6.07, 6.45) is 4.16. The van der Waals surface area contributed by atoms with Crippen LogP contribution >= 0.6 is 0 Å². The summed E-state index contributed by atoms with van der Waals surface area (Å²) in [5, 5.41) is 10.2. The Kier molecular flexibility index (Phi) is 3.59. The minimum atomic E-state index is -0.544. The number of hydrogen-bond acceptors (Lipinski definition) is 3. The van der Waals surface area contributed by atoms with Crippen molar-refractivity contribution in [1.82, 2.24) is 4.98 Å². The Hall–Kier alpha value is -1.61. The van der Waals surface area contributed by atoms with Crippen molar-refractivity contribution in [1.29, 1.82) is 0 Å². The first kappa shape index (κ1) is 11.9. The highest BCUT2D eigenvalue weighted by molar-refractivity contribution is 5.24. The zero-order chi connectivity index (χ0) is 12.3. The lowest BCUT2D eigenvalue weighted by Crippen LogP contribution is -2.05. The maximum atomic E-state index is 10.2. The highest BCUT2D eigenvalue weighted by Crippen LogP contribution is 2.23. The summed E-state index contributed by atoms with van der Waals surface area (Å²) in [6, 6.07) is 5.74. The molecule has 3 nitrogen and oxygen atoms in total. The normalized spacial score (nSPS) is 12.6. The molecule has 0 spiro atoms. The molecule has 2 rings (SSSR count). The highest BCUT2D eigenvalue weighted by Gasteiger charge is 2.16. The summed E-state index contributed by atoms with van der Waals surface area (Å²) in [4.78, 5) is 4.29. The molecule has 2 heterocycles. The summed E-state index contributed by atoms with van der Waals surface area (Å²) < 4.78 is 5.32. The second-order valence-corrected chi connectivity index (χ2v) is 4.14. The van der Waals surface area contributed by atoms with Crippen molar-refractivity contribution in [3.8, 4) is 0 Å². The van der Waals surface area contributed by atoms with Gasteiger partial charge in [0.05, 0.1) is 12.4 Å². The van der Waals surface area contributed by atoms with E-state index < -0.39 is 6.10 Å². The molecule has 3 heteroatoms. The van der Waals surface area contributed by atoms with Gasteiger partial charge in [-0.15, -0.1) is 0 Å². The highest BCUT2D eigenvalue weighted by atomic mass is 16.3. The van der Waals surface area contributed by atoms with E-state index in [2.05, 4.69) is 4.98 Å². The summed E-state index contributed by atoms with van der Waals surface area (Å²) >= 11 is 0. The smallest absolute Gasteiger partial charge is 0.109 e. The fourth-order valence-electron chi connectivity index (χ4n) is 1.96. The van der Waals surface area contributed by atoms with Gasteiger partial charge in [0.1, 0.15) is 5.76 Å². The second-order valence-electron chi connectivity index (χ2n) is 4.14. The topological polar surface area (TPSA) is 46.3 Å². The first-order chi connectivity index (χ1) is 8.22. The molecule has 1 N–H and O–H groups in total. The Morgan fingerprint density at radius 2 is 2.24 bits per heavy atom. The van der Waals surface area contributed by atoms with Crippen LogP contribution in [0.2, 0.25) is 0 Å². The van der Waals surface area contributed by atoms with Gasteiger partial charge < -0.3 is 9.52 Å². The van der Waals surface area contributed by atoms with Crippen LogP contribution in [0.1, 0.15) is 35.6 Å². The molecule has 0 saturated heterocycles. The molecular weight excluding hydrogens is 214 g/mol. The molecule has 0 saturated carbocycles. The van der Waals surface area contributed by atoms with Gasteiger partial charge in [-0.25, -0.2) is 0 Å². The quantitative estimate of drug-likeness (QED) is 0.880. The number of aromatic nitrogens is 1. The summed E-state index contributed by atoms with van der Waals surface area (Å²) in [5.74, 6) is 0.853. The van der Waals surface area contributed by atoms with E-state index in [9.17, 15) is 5.11 Å². The fraction of sp³-hybridized carbons (Fsp3) is 0.357. The van der Waals surface area contributed by atoms with Crippen LogP contribution in [0.5, 0.6) is 0 Å². The molecule has 0 bridgehead atoms. The van der Waals surface area contributed by atoms with Crippen LogP contribution in [-0.2, 0) is 12.8 Å². The third-order valence-corrected chi connectivity index (χ3v) is 2.96. The second kappa shape index (κ2) is 5.15. The van der Waals surface area contributed by atoms with E-state index in [0.717, 1.165) is 29.0 Å². The predicted molar refractivity (Wildman–Crippen MR) is 65.7 cm³/mol. The fourth-order valence-corrected chi connectivity index (χ4v) is 1.96. The molecule has 2 aromatic rings. The van der Waals surface area contributed by atoms with Crippen LogP contribution in [0.15, 0.2) is 35.1 Å². The average Bonchev–Trinajstić information content (AvgIpc) is 2.80. The minimum absolute atomic E-state index is 0.527. The van der Waals surface area contributed by atoms with Crippen molar-refractivity contribution < 1.29 is 9.52 Å². The molecule has 1 atom stereocenters. The molecule has 90 valence electrons. The van der Waals surface area contributed by atoms with Crippen molar-refractivity contribution in [2.45, 2.75) is 32.8 Å². The van der Waals surface area contributed by atoms with Crippen molar-refractivity contribution in [2.75, 3.05) is 0 Å². The van der Waals surface area contributed by atoms with Crippen LogP contribution in [0, 0.1) is 6.92 Å². The zero-order valence-corrected chi connectivity index (χ0v) is 10.2. The lowest BCUT2D eigenvalue weighted by Gasteiger charge is -2.11. The number of hydrogen-bond donors (Lipinski definition) is 1. The number of nitrogens with zero attached hydrogens (tertiary/aromatic N) is 1. The molecule has 0 aliphatic carbocycles. The number of rotatable bonds is 4. The van der Waals surface area contributed by atoms with E-state index in [0.29, 0.717) is 6.42 Å². The number of aliphatic hydroxyl groups excluding tert-OH is 1. The van der Waals surface area contributed by atoms with E-state index in [1.807, 2.05) is 32.0 Å². The van der Waals surface area contributed by atoms with Crippen molar-refractivity contribution in [3.05, 3.63) is 53.2 Å². The van der Waals surface area contributed by atoms with Crippen LogP contribution in [0.25, 0.3) is 0 Å². The third-order valence-electron chi connectivity index (χ3n) is 2.96. The number of aryl methyl sites for hydroxylation is 2. The Labute approximate surface area is 101 Å². The monoisotopic (exact) mass is 231 g/mol. The van der Waals surface area contributed by atoms with E-state index >= 15 is 0 Å². The van der Waals surface area contributed by atoms with E-state index in [1.54, 1.807) is 12.5 Å². The Bertz CT molecular complexity index is 490. The van der Waals surface area contributed by atoms with Gasteiger partial charge in [-0.2, -0.15) is 0 Å². The van der Waals surface area contributed by atoms with Gasteiger partial charge in [-0.1, -0.05) is 13.0 Å². The molecule has 0 fully saturated rings. The molecule has 0 radical (unpaired) electrons. The Morgan fingerprint density at radius 1 is 1.41 bits per heavy atom. The maximum absolute atomic E-state index is 10.2. The van der Waals surface area contributed by atoms with Crippen molar-refractivity contribution in [2.24, 2.45) is 0 Å². The summed E-state index contributed by atoms with van der Waals surface area (Å²) in [5.41, 5.74) is 2.91. The number of furan rings is 1. The van der Waals surface area contributed by atoms with Gasteiger partial charge in [-0.05, 0) is 24.6 Å². The lowest BCUT2D eigenvalue weighted by atomic mass is 10.0. The number of pyridine rings is 1. The van der Waals surface area contributed by atoms with Crippen molar-refractivity contribution in [3.63, 3.8) is 0 Å². The first-order valence-electron chi connectivity index (χ1n) is 5.87. The third kappa shape index (κ3) is 2.56. The lowest BCUT2D eigenvalue weighted by molar-refractivity contribution is 0.174. The van der Waals surface area contributed by atoms with Gasteiger partial charge >= 0.3 is 0 Å². The van der Waals surface area contributed by atoms with Gasteiger partial charge in [0.2, 0.25) is 0 Å². The van der Waals surface area contributed by atoms with Crippen LogP contribution in [-0.4, -0.2) is 10.1 Å². The van der Waals surface area contributed by atoms with Crippen LogP contribution in [0.4, 0.5) is 0 Å². The molecule has 0 aromatic carbocycles. The van der Waals surface area contributed by atoms with Crippen molar-refractivity contribution >= 4 is 0 Å². The van der Waals surface area contributed by atoms with E-state index in [-0.39, 0.29) is 0 Å². The predicted octanol–water partition coefficient (Wildman–Crippen LogP) is 2.82. The molecular formula is C14H17NO2. The van der Waals surface area contributed by atoms with Gasteiger partial charge in [-0.3, -0.25) is 4.98 Å². The molecule has 0 amide bonds.